The largest absolute Gasteiger partial charge is 0.361 e. The lowest BCUT2D eigenvalue weighted by molar-refractivity contribution is 0.0731. The number of rotatable bonds is 4. The van der Waals surface area contributed by atoms with Gasteiger partial charge in [-0.2, -0.15) is 0 Å². The minimum atomic E-state index is -0.138. The Labute approximate surface area is 169 Å². The van der Waals surface area contributed by atoms with E-state index in [9.17, 15) is 4.79 Å². The van der Waals surface area contributed by atoms with E-state index in [-0.39, 0.29) is 11.9 Å². The molecule has 1 aliphatic rings. The second-order valence-corrected chi connectivity index (χ2v) is 7.45. The standard InChI is InChI=1S/C21H24N6O2/c1-13-18(14(2)29-25-13)20(28)27-11-5-6-17(27)19-16(15-7-9-22-10-8-15)12-23-21(24-19)26(3)4/h7-10,12,17H,5-6,11H2,1-4H3. The van der Waals surface area contributed by atoms with Crippen LogP contribution in [0.15, 0.2) is 35.2 Å². The molecule has 1 saturated heterocycles. The van der Waals surface area contributed by atoms with Crippen molar-refractivity contribution in [3.05, 3.63) is 53.4 Å². The average molecular weight is 392 g/mol. The summed E-state index contributed by atoms with van der Waals surface area (Å²) in [7, 11) is 3.82. The van der Waals surface area contributed by atoms with E-state index in [1.807, 2.05) is 42.2 Å². The third-order valence-corrected chi connectivity index (χ3v) is 5.27. The first-order chi connectivity index (χ1) is 14.0. The number of anilines is 1. The van der Waals surface area contributed by atoms with Gasteiger partial charge < -0.3 is 14.3 Å². The summed E-state index contributed by atoms with van der Waals surface area (Å²) in [6.45, 7) is 4.24. The maximum atomic E-state index is 13.4. The van der Waals surface area contributed by atoms with Crippen molar-refractivity contribution in [2.45, 2.75) is 32.7 Å². The lowest BCUT2D eigenvalue weighted by atomic mass is 10.00. The summed E-state index contributed by atoms with van der Waals surface area (Å²) in [5.74, 6) is 1.10. The van der Waals surface area contributed by atoms with Crippen molar-refractivity contribution in [1.82, 2.24) is 25.0 Å². The maximum absolute atomic E-state index is 13.4. The minimum Gasteiger partial charge on any atom is -0.361 e. The number of carbonyl (C=O) groups is 1. The summed E-state index contributed by atoms with van der Waals surface area (Å²) in [6.07, 6.45) is 7.10. The number of nitrogens with zero attached hydrogens (tertiary/aromatic N) is 6. The van der Waals surface area contributed by atoms with Crippen molar-refractivity contribution in [1.29, 1.82) is 0 Å². The Morgan fingerprint density at radius 2 is 2.00 bits per heavy atom. The fourth-order valence-corrected chi connectivity index (χ4v) is 3.83. The highest BCUT2D eigenvalue weighted by Crippen LogP contribution is 2.38. The van der Waals surface area contributed by atoms with Gasteiger partial charge >= 0.3 is 0 Å². The van der Waals surface area contributed by atoms with Gasteiger partial charge in [0.25, 0.3) is 5.91 Å². The summed E-state index contributed by atoms with van der Waals surface area (Å²) in [5.41, 5.74) is 3.92. The van der Waals surface area contributed by atoms with Gasteiger partial charge in [0.05, 0.1) is 17.4 Å². The van der Waals surface area contributed by atoms with Crippen LogP contribution in [0, 0.1) is 13.8 Å². The molecule has 8 nitrogen and oxygen atoms in total. The number of aryl methyl sites for hydroxylation is 2. The van der Waals surface area contributed by atoms with Crippen molar-refractivity contribution in [2.75, 3.05) is 25.5 Å². The molecule has 1 aliphatic heterocycles. The average Bonchev–Trinajstić information content (AvgIpc) is 3.34. The monoisotopic (exact) mass is 392 g/mol. The van der Waals surface area contributed by atoms with Crippen molar-refractivity contribution >= 4 is 11.9 Å². The van der Waals surface area contributed by atoms with Crippen LogP contribution in [0.4, 0.5) is 5.95 Å². The summed E-state index contributed by atoms with van der Waals surface area (Å²) in [6, 6.07) is 3.74. The summed E-state index contributed by atoms with van der Waals surface area (Å²) < 4.78 is 5.22. The summed E-state index contributed by atoms with van der Waals surface area (Å²) >= 11 is 0. The number of carbonyl (C=O) groups excluding carboxylic acids is 1. The van der Waals surface area contributed by atoms with E-state index in [1.54, 1.807) is 26.2 Å². The van der Waals surface area contributed by atoms with Gasteiger partial charge in [0.1, 0.15) is 11.3 Å². The summed E-state index contributed by atoms with van der Waals surface area (Å²) in [5, 5.41) is 3.95. The van der Waals surface area contributed by atoms with Crippen LogP contribution in [0.25, 0.3) is 11.1 Å². The molecule has 4 rings (SSSR count). The van der Waals surface area contributed by atoms with E-state index in [1.165, 1.54) is 0 Å². The van der Waals surface area contributed by atoms with Crippen LogP contribution in [0.1, 0.15) is 46.4 Å². The Morgan fingerprint density at radius 1 is 1.24 bits per heavy atom. The van der Waals surface area contributed by atoms with E-state index < -0.39 is 0 Å². The second kappa shape index (κ2) is 7.62. The topological polar surface area (TPSA) is 88.3 Å². The number of likely N-dealkylation sites (tertiary alicyclic amines) is 1. The van der Waals surface area contributed by atoms with Crippen LogP contribution in [-0.2, 0) is 0 Å². The van der Waals surface area contributed by atoms with Crippen molar-refractivity contribution in [2.24, 2.45) is 0 Å². The Morgan fingerprint density at radius 3 is 2.66 bits per heavy atom. The van der Waals surface area contributed by atoms with Gasteiger partial charge in [0.2, 0.25) is 5.95 Å². The lowest BCUT2D eigenvalue weighted by Gasteiger charge is -2.26. The molecule has 8 heteroatoms. The van der Waals surface area contributed by atoms with Gasteiger partial charge in [0, 0.05) is 44.8 Å². The Bertz CT molecular complexity index is 1010. The number of amides is 1. The molecule has 0 aliphatic carbocycles. The SMILES string of the molecule is Cc1noc(C)c1C(=O)N1CCCC1c1nc(N(C)C)ncc1-c1ccncc1. The highest BCUT2D eigenvalue weighted by molar-refractivity contribution is 5.96. The Hall–Kier alpha value is -3.29. The van der Waals surface area contributed by atoms with E-state index >= 15 is 0 Å². The van der Waals surface area contributed by atoms with Crippen molar-refractivity contribution < 1.29 is 9.32 Å². The maximum Gasteiger partial charge on any atom is 0.259 e. The quantitative estimate of drug-likeness (QED) is 0.674. The fraction of sp³-hybridized carbons (Fsp3) is 0.381. The van der Waals surface area contributed by atoms with E-state index in [0.29, 0.717) is 29.5 Å². The molecule has 29 heavy (non-hydrogen) atoms. The number of hydrogen-bond donors (Lipinski definition) is 0. The smallest absolute Gasteiger partial charge is 0.259 e. The van der Waals surface area contributed by atoms with Crippen molar-refractivity contribution in [3.63, 3.8) is 0 Å². The van der Waals surface area contributed by atoms with Crippen LogP contribution in [-0.4, -0.2) is 51.6 Å². The molecule has 1 unspecified atom stereocenters. The number of hydrogen-bond acceptors (Lipinski definition) is 7. The third-order valence-electron chi connectivity index (χ3n) is 5.27. The van der Waals surface area contributed by atoms with Gasteiger partial charge in [0.15, 0.2) is 0 Å². The van der Waals surface area contributed by atoms with Gasteiger partial charge in [-0.3, -0.25) is 9.78 Å². The van der Waals surface area contributed by atoms with Crippen LogP contribution >= 0.6 is 0 Å². The highest BCUT2D eigenvalue weighted by atomic mass is 16.5. The molecule has 1 atom stereocenters. The zero-order chi connectivity index (χ0) is 20.5. The molecule has 4 heterocycles. The molecular weight excluding hydrogens is 368 g/mol. The number of pyridine rings is 1. The minimum absolute atomic E-state index is 0.0607. The second-order valence-electron chi connectivity index (χ2n) is 7.45. The van der Waals surface area contributed by atoms with E-state index in [2.05, 4.69) is 15.1 Å². The fourth-order valence-electron chi connectivity index (χ4n) is 3.83. The first kappa shape index (κ1) is 19.0. The molecule has 0 aromatic carbocycles. The molecular formula is C21H24N6O2. The molecule has 1 amide bonds. The van der Waals surface area contributed by atoms with E-state index in [4.69, 9.17) is 9.51 Å². The predicted octanol–water partition coefficient (Wildman–Crippen LogP) is 3.19. The van der Waals surface area contributed by atoms with Crippen LogP contribution < -0.4 is 4.90 Å². The van der Waals surface area contributed by atoms with Gasteiger partial charge in [-0.05, 0) is 44.4 Å². The molecule has 150 valence electrons. The van der Waals surface area contributed by atoms with Crippen LogP contribution in [0.3, 0.4) is 0 Å². The normalized spacial score (nSPS) is 16.3. The van der Waals surface area contributed by atoms with Crippen molar-refractivity contribution in [3.8, 4) is 11.1 Å². The third kappa shape index (κ3) is 3.46. The predicted molar refractivity (Wildman–Crippen MR) is 109 cm³/mol. The number of aromatic nitrogens is 4. The molecule has 0 N–H and O–H groups in total. The first-order valence-corrected chi connectivity index (χ1v) is 9.66. The summed E-state index contributed by atoms with van der Waals surface area (Å²) in [4.78, 5) is 30.6. The van der Waals surface area contributed by atoms with E-state index in [0.717, 1.165) is 29.7 Å². The van der Waals surface area contributed by atoms with Gasteiger partial charge in [-0.15, -0.1) is 0 Å². The molecule has 1 fully saturated rings. The molecule has 3 aromatic heterocycles. The highest BCUT2D eigenvalue weighted by Gasteiger charge is 2.36. The Balaban J connectivity index is 1.80. The van der Waals surface area contributed by atoms with Crippen LogP contribution in [0.2, 0.25) is 0 Å². The zero-order valence-corrected chi connectivity index (χ0v) is 17.1. The first-order valence-electron chi connectivity index (χ1n) is 9.66. The zero-order valence-electron chi connectivity index (χ0n) is 17.1. The lowest BCUT2D eigenvalue weighted by Crippen LogP contribution is -2.32. The van der Waals surface area contributed by atoms with Gasteiger partial charge in [-0.25, -0.2) is 9.97 Å². The molecule has 0 saturated carbocycles. The molecule has 0 spiro atoms. The molecule has 0 radical (unpaired) electrons. The van der Waals surface area contributed by atoms with Crippen LogP contribution in [0.5, 0.6) is 0 Å². The van der Waals surface area contributed by atoms with Gasteiger partial charge in [-0.1, -0.05) is 5.16 Å². The Kier molecular flexibility index (Phi) is 5.00. The molecule has 0 bridgehead atoms. The molecule has 3 aromatic rings.